The number of nitrogens with one attached hydrogen (secondary N) is 2. The van der Waals surface area contributed by atoms with Gasteiger partial charge in [0.1, 0.15) is 0 Å². The summed E-state index contributed by atoms with van der Waals surface area (Å²) in [4.78, 5) is 46.3. The van der Waals surface area contributed by atoms with Crippen molar-refractivity contribution in [2.75, 3.05) is 12.4 Å². The Morgan fingerprint density at radius 2 is 1.76 bits per heavy atom. The van der Waals surface area contributed by atoms with Gasteiger partial charge >= 0.3 is 5.97 Å². The standard InChI is InChI=1S/C19H19N3O6S/c1-12-3-8-16(13(2)9-12)29-11-18(24)28-10-17(23)20-21-19(25)14-4-6-15(7-5-14)22(26)27/h3-9H,10-11H2,1-2H3,(H,20,23)(H,21,25). The minimum absolute atomic E-state index is 0.0480. The van der Waals surface area contributed by atoms with Gasteiger partial charge in [-0.2, -0.15) is 0 Å². The van der Waals surface area contributed by atoms with Crippen LogP contribution in [-0.2, 0) is 14.3 Å². The third kappa shape index (κ3) is 6.92. The minimum Gasteiger partial charge on any atom is -0.455 e. The van der Waals surface area contributed by atoms with Crippen molar-refractivity contribution >= 4 is 35.2 Å². The number of nitro benzene ring substituents is 1. The molecule has 2 amide bonds. The lowest BCUT2D eigenvalue weighted by atomic mass is 10.2. The number of benzene rings is 2. The van der Waals surface area contributed by atoms with E-state index in [1.165, 1.54) is 36.0 Å². The molecule has 0 radical (unpaired) electrons. The van der Waals surface area contributed by atoms with Crippen LogP contribution in [0.2, 0.25) is 0 Å². The summed E-state index contributed by atoms with van der Waals surface area (Å²) in [6, 6.07) is 10.7. The van der Waals surface area contributed by atoms with Crippen LogP contribution in [0, 0.1) is 24.0 Å². The molecular weight excluding hydrogens is 398 g/mol. The number of non-ortho nitro benzene ring substituents is 1. The first-order chi connectivity index (χ1) is 13.8. The van der Waals surface area contributed by atoms with Crippen LogP contribution in [0.1, 0.15) is 21.5 Å². The predicted octanol–water partition coefficient (Wildman–Crippen LogP) is 2.31. The van der Waals surface area contributed by atoms with Gasteiger partial charge in [-0.3, -0.25) is 35.3 Å². The fourth-order valence-corrected chi connectivity index (χ4v) is 3.06. The zero-order valence-corrected chi connectivity index (χ0v) is 16.6. The van der Waals surface area contributed by atoms with E-state index < -0.39 is 29.3 Å². The second-order valence-corrected chi connectivity index (χ2v) is 7.04. The number of carbonyl (C=O) groups is 3. The van der Waals surface area contributed by atoms with E-state index in [0.29, 0.717) is 0 Å². The molecule has 9 nitrogen and oxygen atoms in total. The quantitative estimate of drug-likeness (QED) is 0.306. The number of nitro groups is 1. The van der Waals surface area contributed by atoms with Gasteiger partial charge in [0.15, 0.2) is 6.61 Å². The Bertz CT molecular complexity index is 930. The van der Waals surface area contributed by atoms with Gasteiger partial charge in [-0.25, -0.2) is 0 Å². The molecule has 2 aromatic carbocycles. The Labute approximate surface area is 170 Å². The van der Waals surface area contributed by atoms with Crippen LogP contribution in [0.15, 0.2) is 47.4 Å². The van der Waals surface area contributed by atoms with E-state index in [2.05, 4.69) is 10.9 Å². The molecule has 0 atom stereocenters. The van der Waals surface area contributed by atoms with Gasteiger partial charge in [0, 0.05) is 22.6 Å². The summed E-state index contributed by atoms with van der Waals surface area (Å²) in [7, 11) is 0. The Hall–Kier alpha value is -3.40. The van der Waals surface area contributed by atoms with Gasteiger partial charge in [-0.05, 0) is 37.6 Å². The van der Waals surface area contributed by atoms with Crippen LogP contribution in [0.4, 0.5) is 5.69 Å². The summed E-state index contributed by atoms with van der Waals surface area (Å²) < 4.78 is 4.87. The molecule has 2 N–H and O–H groups in total. The Morgan fingerprint density at radius 1 is 1.07 bits per heavy atom. The van der Waals surface area contributed by atoms with Gasteiger partial charge in [0.25, 0.3) is 17.5 Å². The number of nitrogens with zero attached hydrogens (tertiary/aromatic N) is 1. The van der Waals surface area contributed by atoms with E-state index in [0.717, 1.165) is 16.0 Å². The molecule has 0 fully saturated rings. The lowest BCUT2D eigenvalue weighted by Gasteiger charge is -2.09. The molecule has 2 aromatic rings. The van der Waals surface area contributed by atoms with Crippen molar-refractivity contribution in [2.24, 2.45) is 0 Å². The normalized spacial score (nSPS) is 10.1. The number of rotatable bonds is 7. The highest BCUT2D eigenvalue weighted by Gasteiger charge is 2.12. The van der Waals surface area contributed by atoms with Crippen LogP contribution in [0.5, 0.6) is 0 Å². The summed E-state index contributed by atoms with van der Waals surface area (Å²) in [5.74, 6) is -1.89. The maximum atomic E-state index is 11.9. The van der Waals surface area contributed by atoms with Gasteiger partial charge in [-0.15, -0.1) is 11.8 Å². The van der Waals surface area contributed by atoms with Gasteiger partial charge in [-0.1, -0.05) is 17.7 Å². The molecule has 0 unspecified atom stereocenters. The number of hydrogen-bond donors (Lipinski definition) is 2. The molecule has 0 aromatic heterocycles. The number of ether oxygens (including phenoxy) is 1. The van der Waals surface area contributed by atoms with E-state index in [4.69, 9.17) is 4.74 Å². The second kappa shape index (κ2) is 10.2. The maximum absolute atomic E-state index is 11.9. The fraction of sp³-hybridized carbons (Fsp3) is 0.211. The molecule has 0 saturated heterocycles. The zero-order valence-electron chi connectivity index (χ0n) is 15.8. The molecule has 0 aliphatic carbocycles. The topological polar surface area (TPSA) is 128 Å². The van der Waals surface area contributed by atoms with Crippen molar-refractivity contribution in [1.82, 2.24) is 10.9 Å². The highest BCUT2D eigenvalue weighted by atomic mass is 32.2. The number of amides is 2. The number of hydrazine groups is 1. The summed E-state index contributed by atoms with van der Waals surface area (Å²) in [5.41, 5.74) is 6.39. The first-order valence-electron chi connectivity index (χ1n) is 8.45. The van der Waals surface area contributed by atoms with Crippen LogP contribution in [0.3, 0.4) is 0 Å². The van der Waals surface area contributed by atoms with E-state index in [1.54, 1.807) is 0 Å². The number of aryl methyl sites for hydroxylation is 2. The second-order valence-electron chi connectivity index (χ2n) is 6.02. The van der Waals surface area contributed by atoms with Crippen molar-refractivity contribution in [2.45, 2.75) is 18.7 Å². The van der Waals surface area contributed by atoms with Crippen LogP contribution in [-0.4, -0.2) is 35.1 Å². The third-order valence-electron chi connectivity index (χ3n) is 3.70. The van der Waals surface area contributed by atoms with Crippen molar-refractivity contribution in [1.29, 1.82) is 0 Å². The zero-order chi connectivity index (χ0) is 21.4. The average molecular weight is 417 g/mol. The Kier molecular flexibility index (Phi) is 7.72. The highest BCUT2D eigenvalue weighted by molar-refractivity contribution is 8.00. The number of thioether (sulfide) groups is 1. The highest BCUT2D eigenvalue weighted by Crippen LogP contribution is 2.23. The summed E-state index contributed by atoms with van der Waals surface area (Å²) in [6.45, 7) is 3.38. The summed E-state index contributed by atoms with van der Waals surface area (Å²) >= 11 is 1.31. The molecule has 0 aliphatic heterocycles. The molecule has 0 saturated carbocycles. The molecule has 0 heterocycles. The van der Waals surface area contributed by atoms with Crippen LogP contribution >= 0.6 is 11.8 Å². The molecule has 29 heavy (non-hydrogen) atoms. The van der Waals surface area contributed by atoms with Gasteiger partial charge in [0.2, 0.25) is 0 Å². The molecule has 152 valence electrons. The predicted molar refractivity (Wildman–Crippen MR) is 106 cm³/mol. The van der Waals surface area contributed by atoms with Gasteiger partial charge in [0.05, 0.1) is 10.7 Å². The fourth-order valence-electron chi connectivity index (χ4n) is 2.25. The average Bonchev–Trinajstić information content (AvgIpc) is 2.69. The first kappa shape index (κ1) is 21.9. The first-order valence-corrected chi connectivity index (χ1v) is 9.44. The lowest BCUT2D eigenvalue weighted by Crippen LogP contribution is -2.43. The third-order valence-corrected chi connectivity index (χ3v) is 4.85. The van der Waals surface area contributed by atoms with E-state index in [9.17, 15) is 24.5 Å². The van der Waals surface area contributed by atoms with E-state index in [-0.39, 0.29) is 17.0 Å². The van der Waals surface area contributed by atoms with Crippen LogP contribution in [0.25, 0.3) is 0 Å². The number of carbonyl (C=O) groups excluding carboxylic acids is 3. The van der Waals surface area contributed by atoms with E-state index in [1.807, 2.05) is 32.0 Å². The van der Waals surface area contributed by atoms with Crippen LogP contribution < -0.4 is 10.9 Å². The SMILES string of the molecule is Cc1ccc(SCC(=O)OCC(=O)NNC(=O)c2ccc([N+](=O)[O-])cc2)c(C)c1. The Balaban J connectivity index is 1.71. The Morgan fingerprint density at radius 3 is 2.38 bits per heavy atom. The summed E-state index contributed by atoms with van der Waals surface area (Å²) in [5, 5.41) is 10.6. The molecule has 2 rings (SSSR count). The van der Waals surface area contributed by atoms with Crippen molar-refractivity contribution in [3.63, 3.8) is 0 Å². The monoisotopic (exact) mass is 417 g/mol. The molecule has 0 aliphatic rings. The number of esters is 1. The van der Waals surface area contributed by atoms with E-state index >= 15 is 0 Å². The molecule has 10 heteroatoms. The number of hydrogen-bond acceptors (Lipinski definition) is 7. The molecular formula is C19H19N3O6S. The smallest absolute Gasteiger partial charge is 0.316 e. The maximum Gasteiger partial charge on any atom is 0.316 e. The summed E-state index contributed by atoms with van der Waals surface area (Å²) in [6.07, 6.45) is 0. The minimum atomic E-state index is -0.717. The van der Waals surface area contributed by atoms with Gasteiger partial charge < -0.3 is 4.74 Å². The molecule has 0 spiro atoms. The van der Waals surface area contributed by atoms with Crippen molar-refractivity contribution in [3.05, 3.63) is 69.3 Å². The van der Waals surface area contributed by atoms with Crippen molar-refractivity contribution < 1.29 is 24.0 Å². The lowest BCUT2D eigenvalue weighted by molar-refractivity contribution is -0.384. The van der Waals surface area contributed by atoms with Crippen molar-refractivity contribution in [3.8, 4) is 0 Å². The largest absolute Gasteiger partial charge is 0.455 e. The molecule has 0 bridgehead atoms.